The zero-order chi connectivity index (χ0) is 29.7. The van der Waals surface area contributed by atoms with E-state index >= 15 is 0 Å². The van der Waals surface area contributed by atoms with E-state index in [1.54, 1.807) is 48.4 Å². The van der Waals surface area contributed by atoms with Crippen molar-refractivity contribution >= 4 is 17.9 Å². The first-order chi connectivity index (χ1) is 20.5. The van der Waals surface area contributed by atoms with Crippen LogP contribution in [-0.4, -0.2) is 77.3 Å². The standard InChI is InChI=1S/C33H35N5O4/c1-37(21-22-41-2)33(40)30(23-25-9-5-4-6-10-25)38(32(39)19-17-28-16-18-31(42-3)36-35-28)24-26-12-14-27(15-13-26)29-11-7-8-20-34-29/h4-20,30H,21-24H2,1-3H3. The van der Waals surface area contributed by atoms with Crippen molar-refractivity contribution in [2.45, 2.75) is 19.0 Å². The van der Waals surface area contributed by atoms with Gasteiger partial charge in [-0.25, -0.2) is 0 Å². The first kappa shape index (κ1) is 30.1. The monoisotopic (exact) mass is 565 g/mol. The van der Waals surface area contributed by atoms with E-state index in [4.69, 9.17) is 9.47 Å². The number of amides is 2. The summed E-state index contributed by atoms with van der Waals surface area (Å²) in [6, 6.07) is 26.0. The third-order valence-corrected chi connectivity index (χ3v) is 6.76. The molecule has 42 heavy (non-hydrogen) atoms. The summed E-state index contributed by atoms with van der Waals surface area (Å²) in [6.45, 7) is 1.01. The van der Waals surface area contributed by atoms with Crippen LogP contribution in [0.1, 0.15) is 16.8 Å². The lowest BCUT2D eigenvalue weighted by atomic mass is 10.0. The molecule has 0 saturated carbocycles. The van der Waals surface area contributed by atoms with Gasteiger partial charge in [-0.3, -0.25) is 14.6 Å². The van der Waals surface area contributed by atoms with Gasteiger partial charge in [0.05, 0.1) is 25.1 Å². The van der Waals surface area contributed by atoms with Crippen molar-refractivity contribution in [3.05, 3.63) is 114 Å². The van der Waals surface area contributed by atoms with E-state index < -0.39 is 6.04 Å². The Kier molecular flexibility index (Phi) is 10.9. The fourth-order valence-corrected chi connectivity index (χ4v) is 4.39. The lowest BCUT2D eigenvalue weighted by molar-refractivity contribution is -0.143. The van der Waals surface area contributed by atoms with Gasteiger partial charge in [-0.05, 0) is 35.4 Å². The molecule has 2 aromatic heterocycles. The average Bonchev–Trinajstić information content (AvgIpc) is 3.05. The molecule has 0 bridgehead atoms. The van der Waals surface area contributed by atoms with Crippen LogP contribution in [0.2, 0.25) is 0 Å². The predicted octanol–water partition coefficient (Wildman–Crippen LogP) is 4.31. The molecule has 9 heteroatoms. The second-order valence-corrected chi connectivity index (χ2v) is 9.67. The Balaban J connectivity index is 1.67. The third kappa shape index (κ3) is 8.31. The van der Waals surface area contributed by atoms with E-state index in [1.807, 2.05) is 72.8 Å². The van der Waals surface area contributed by atoms with Crippen molar-refractivity contribution in [1.82, 2.24) is 25.0 Å². The molecule has 0 aliphatic heterocycles. The molecular weight excluding hydrogens is 530 g/mol. The number of carbonyl (C=O) groups is 2. The first-order valence-corrected chi connectivity index (χ1v) is 13.6. The lowest BCUT2D eigenvalue weighted by Crippen LogP contribution is -2.51. The molecule has 0 spiro atoms. The van der Waals surface area contributed by atoms with Gasteiger partial charge >= 0.3 is 0 Å². The Morgan fingerprint density at radius 2 is 1.64 bits per heavy atom. The van der Waals surface area contributed by atoms with E-state index in [0.717, 1.165) is 22.4 Å². The van der Waals surface area contributed by atoms with Crippen molar-refractivity contribution < 1.29 is 19.1 Å². The van der Waals surface area contributed by atoms with Crippen LogP contribution < -0.4 is 4.74 Å². The Bertz CT molecular complexity index is 1450. The highest BCUT2D eigenvalue weighted by Gasteiger charge is 2.31. The number of methoxy groups -OCH3 is 2. The number of likely N-dealkylation sites (N-methyl/N-ethyl adjacent to an activating group) is 1. The minimum Gasteiger partial charge on any atom is -0.480 e. The van der Waals surface area contributed by atoms with Gasteiger partial charge in [-0.2, -0.15) is 0 Å². The fourth-order valence-electron chi connectivity index (χ4n) is 4.39. The number of benzene rings is 2. The SMILES string of the molecule is COCCN(C)C(=O)C(Cc1ccccc1)N(Cc1ccc(-c2ccccn2)cc1)C(=O)C=Cc1ccc(OC)nn1. The second-order valence-electron chi connectivity index (χ2n) is 9.67. The molecule has 0 aliphatic carbocycles. The topological polar surface area (TPSA) is 97.8 Å². The summed E-state index contributed by atoms with van der Waals surface area (Å²) in [4.78, 5) is 35.4. The molecule has 0 N–H and O–H groups in total. The van der Waals surface area contributed by atoms with Crippen LogP contribution in [0.15, 0.2) is 97.2 Å². The first-order valence-electron chi connectivity index (χ1n) is 13.6. The van der Waals surface area contributed by atoms with Crippen LogP contribution in [0.3, 0.4) is 0 Å². The number of rotatable bonds is 13. The highest BCUT2D eigenvalue weighted by Crippen LogP contribution is 2.21. The molecule has 0 radical (unpaired) electrons. The minimum atomic E-state index is -0.760. The van der Waals surface area contributed by atoms with Gasteiger partial charge in [0, 0.05) is 57.6 Å². The number of ether oxygens (including phenoxy) is 2. The summed E-state index contributed by atoms with van der Waals surface area (Å²) in [5.41, 5.74) is 4.14. The van der Waals surface area contributed by atoms with E-state index in [2.05, 4.69) is 15.2 Å². The summed E-state index contributed by atoms with van der Waals surface area (Å²) in [5.74, 6) is -0.121. The third-order valence-electron chi connectivity index (χ3n) is 6.76. The maximum Gasteiger partial charge on any atom is 0.247 e. The van der Waals surface area contributed by atoms with Crippen LogP contribution in [0.4, 0.5) is 0 Å². The zero-order valence-electron chi connectivity index (χ0n) is 24.1. The molecule has 216 valence electrons. The van der Waals surface area contributed by atoms with Gasteiger partial charge in [0.15, 0.2) is 0 Å². The van der Waals surface area contributed by atoms with Crippen molar-refractivity contribution in [2.24, 2.45) is 0 Å². The molecule has 4 aromatic rings. The Hall–Kier alpha value is -4.89. The van der Waals surface area contributed by atoms with E-state index in [-0.39, 0.29) is 18.4 Å². The quantitative estimate of drug-likeness (QED) is 0.223. The minimum absolute atomic E-state index is 0.174. The molecule has 2 aromatic carbocycles. The second kappa shape index (κ2) is 15.2. The molecule has 2 amide bonds. The molecule has 9 nitrogen and oxygen atoms in total. The number of nitrogens with zero attached hydrogens (tertiary/aromatic N) is 5. The van der Waals surface area contributed by atoms with E-state index in [9.17, 15) is 9.59 Å². The van der Waals surface area contributed by atoms with Crippen LogP contribution in [0.25, 0.3) is 17.3 Å². The van der Waals surface area contributed by atoms with Crippen LogP contribution >= 0.6 is 0 Å². The van der Waals surface area contributed by atoms with Gasteiger partial charge < -0.3 is 19.3 Å². The summed E-state index contributed by atoms with van der Waals surface area (Å²) < 4.78 is 10.3. The van der Waals surface area contributed by atoms with Crippen molar-refractivity contribution in [3.8, 4) is 17.1 Å². The molecule has 4 rings (SSSR count). The highest BCUT2D eigenvalue weighted by atomic mass is 16.5. The van der Waals surface area contributed by atoms with Gasteiger partial charge in [-0.1, -0.05) is 60.7 Å². The van der Waals surface area contributed by atoms with E-state index in [1.165, 1.54) is 13.2 Å². The maximum atomic E-state index is 13.9. The van der Waals surface area contributed by atoms with Crippen LogP contribution in [0, 0.1) is 0 Å². The van der Waals surface area contributed by atoms with E-state index in [0.29, 0.717) is 31.1 Å². The largest absolute Gasteiger partial charge is 0.480 e. The Morgan fingerprint density at radius 1 is 0.881 bits per heavy atom. The predicted molar refractivity (Wildman–Crippen MR) is 161 cm³/mol. The normalized spacial score (nSPS) is 11.7. The molecular formula is C33H35N5O4. The van der Waals surface area contributed by atoms with Gasteiger partial charge in [0.1, 0.15) is 6.04 Å². The lowest BCUT2D eigenvalue weighted by Gasteiger charge is -2.33. The molecule has 0 saturated heterocycles. The van der Waals surface area contributed by atoms with Crippen molar-refractivity contribution in [1.29, 1.82) is 0 Å². The summed E-state index contributed by atoms with van der Waals surface area (Å²) in [6.07, 6.45) is 5.12. The van der Waals surface area contributed by atoms with Gasteiger partial charge in [0.2, 0.25) is 17.7 Å². The average molecular weight is 566 g/mol. The summed E-state index contributed by atoms with van der Waals surface area (Å²) >= 11 is 0. The molecule has 0 fully saturated rings. The Morgan fingerprint density at radius 3 is 2.29 bits per heavy atom. The molecule has 1 atom stereocenters. The van der Waals surface area contributed by atoms with Gasteiger partial charge in [-0.15, -0.1) is 10.2 Å². The molecule has 0 aliphatic rings. The Labute approximate surface area is 246 Å². The highest BCUT2D eigenvalue weighted by molar-refractivity contribution is 5.95. The number of hydrogen-bond donors (Lipinski definition) is 0. The number of hydrogen-bond acceptors (Lipinski definition) is 7. The number of aromatic nitrogens is 3. The molecule has 2 heterocycles. The fraction of sp³-hybridized carbons (Fsp3) is 0.242. The zero-order valence-corrected chi connectivity index (χ0v) is 24.1. The van der Waals surface area contributed by atoms with Crippen molar-refractivity contribution in [3.63, 3.8) is 0 Å². The number of carbonyl (C=O) groups excluding carboxylic acids is 2. The van der Waals surface area contributed by atoms with Gasteiger partial charge in [0.25, 0.3) is 0 Å². The smallest absolute Gasteiger partial charge is 0.247 e. The van der Waals surface area contributed by atoms with Crippen molar-refractivity contribution in [2.75, 3.05) is 34.4 Å². The summed E-state index contributed by atoms with van der Waals surface area (Å²) in [5, 5.41) is 8.05. The molecule has 1 unspecified atom stereocenters. The maximum absolute atomic E-state index is 13.9. The van der Waals surface area contributed by atoms with Crippen LogP contribution in [-0.2, 0) is 27.3 Å². The summed E-state index contributed by atoms with van der Waals surface area (Å²) in [7, 11) is 4.83. The number of pyridine rings is 1. The van der Waals surface area contributed by atoms with Crippen LogP contribution in [0.5, 0.6) is 5.88 Å².